The fourth-order valence-electron chi connectivity index (χ4n) is 2.82. The summed E-state index contributed by atoms with van der Waals surface area (Å²) in [6, 6.07) is 3.96. The van der Waals surface area contributed by atoms with Gasteiger partial charge in [0.05, 0.1) is 16.0 Å². The van der Waals surface area contributed by atoms with Crippen molar-refractivity contribution in [1.29, 1.82) is 0 Å². The molecule has 8 heteroatoms. The number of hydrogen-bond donors (Lipinski definition) is 1. The number of amides is 2. The molecule has 1 atom stereocenters. The largest absolute Gasteiger partial charge is 0.314 e. The van der Waals surface area contributed by atoms with Gasteiger partial charge in [0.1, 0.15) is 0 Å². The van der Waals surface area contributed by atoms with Gasteiger partial charge in [-0.05, 0) is 25.1 Å². The standard InChI is InChI=1S/C14H17N3O4S/c1-9-8-15-5-6-17(9)22(20,21)10-3-4-11-12(7-10)14(19)16(2)13(11)18/h3-4,7,9,15H,5-6,8H2,1-2H3. The van der Waals surface area contributed by atoms with Gasteiger partial charge in [0, 0.05) is 32.7 Å². The Balaban J connectivity index is 2.03. The summed E-state index contributed by atoms with van der Waals surface area (Å²) in [4.78, 5) is 24.9. The number of rotatable bonds is 2. The first-order valence-corrected chi connectivity index (χ1v) is 8.47. The van der Waals surface area contributed by atoms with E-state index in [9.17, 15) is 18.0 Å². The van der Waals surface area contributed by atoms with Gasteiger partial charge in [0.15, 0.2) is 0 Å². The van der Waals surface area contributed by atoms with Crippen molar-refractivity contribution in [2.45, 2.75) is 17.9 Å². The van der Waals surface area contributed by atoms with Gasteiger partial charge in [-0.3, -0.25) is 14.5 Å². The van der Waals surface area contributed by atoms with Crippen LogP contribution in [0.4, 0.5) is 0 Å². The average molecular weight is 323 g/mol. The topological polar surface area (TPSA) is 86.8 Å². The van der Waals surface area contributed by atoms with E-state index in [-0.39, 0.29) is 22.1 Å². The van der Waals surface area contributed by atoms with Crippen molar-refractivity contribution < 1.29 is 18.0 Å². The Hall–Kier alpha value is -1.77. The molecule has 0 aromatic heterocycles. The van der Waals surface area contributed by atoms with Crippen LogP contribution >= 0.6 is 0 Å². The van der Waals surface area contributed by atoms with Crippen molar-refractivity contribution >= 4 is 21.8 Å². The molecule has 1 saturated heterocycles. The molecular formula is C14H17N3O4S. The first-order valence-electron chi connectivity index (χ1n) is 7.03. The van der Waals surface area contributed by atoms with Gasteiger partial charge in [-0.25, -0.2) is 8.42 Å². The molecule has 1 aromatic rings. The van der Waals surface area contributed by atoms with E-state index in [1.807, 2.05) is 6.92 Å². The molecule has 1 unspecified atom stereocenters. The molecule has 1 aromatic carbocycles. The van der Waals surface area contributed by atoms with Crippen LogP contribution < -0.4 is 5.32 Å². The molecule has 3 rings (SSSR count). The third-order valence-corrected chi connectivity index (χ3v) is 6.12. The first kappa shape index (κ1) is 15.1. The lowest BCUT2D eigenvalue weighted by Crippen LogP contribution is -2.52. The van der Waals surface area contributed by atoms with Crippen LogP contribution in [-0.2, 0) is 10.0 Å². The van der Waals surface area contributed by atoms with Gasteiger partial charge in [-0.2, -0.15) is 4.31 Å². The van der Waals surface area contributed by atoms with Gasteiger partial charge >= 0.3 is 0 Å². The molecule has 0 saturated carbocycles. The van der Waals surface area contributed by atoms with Gasteiger partial charge in [0.25, 0.3) is 11.8 Å². The van der Waals surface area contributed by atoms with Crippen molar-refractivity contribution in [1.82, 2.24) is 14.5 Å². The Morgan fingerprint density at radius 1 is 1.18 bits per heavy atom. The maximum Gasteiger partial charge on any atom is 0.261 e. The van der Waals surface area contributed by atoms with Gasteiger partial charge in [-0.15, -0.1) is 0 Å². The Morgan fingerprint density at radius 3 is 2.55 bits per heavy atom. The number of carbonyl (C=O) groups is 2. The van der Waals surface area contributed by atoms with E-state index in [0.29, 0.717) is 19.6 Å². The zero-order valence-corrected chi connectivity index (χ0v) is 13.2. The van der Waals surface area contributed by atoms with Crippen LogP contribution in [0.25, 0.3) is 0 Å². The number of sulfonamides is 1. The van der Waals surface area contributed by atoms with E-state index in [4.69, 9.17) is 0 Å². The molecule has 118 valence electrons. The van der Waals surface area contributed by atoms with E-state index in [2.05, 4.69) is 5.32 Å². The molecule has 2 aliphatic heterocycles. The van der Waals surface area contributed by atoms with E-state index in [1.165, 1.54) is 29.6 Å². The number of nitrogens with one attached hydrogen (secondary N) is 1. The van der Waals surface area contributed by atoms with Crippen LogP contribution in [0.2, 0.25) is 0 Å². The quantitative estimate of drug-likeness (QED) is 0.768. The van der Waals surface area contributed by atoms with Gasteiger partial charge in [-0.1, -0.05) is 0 Å². The number of piperazine rings is 1. The highest BCUT2D eigenvalue weighted by Gasteiger charge is 2.36. The van der Waals surface area contributed by atoms with Crippen molar-refractivity contribution in [2.24, 2.45) is 0 Å². The predicted octanol–water partition coefficient (Wildman–Crippen LogP) is -0.105. The van der Waals surface area contributed by atoms with Crippen LogP contribution in [0.1, 0.15) is 27.6 Å². The third-order valence-electron chi connectivity index (χ3n) is 4.11. The first-order chi connectivity index (χ1) is 10.3. The zero-order chi connectivity index (χ0) is 16.1. The SMILES string of the molecule is CC1CNCCN1S(=O)(=O)c1ccc2c(c1)C(=O)N(C)C2=O. The van der Waals surface area contributed by atoms with E-state index in [1.54, 1.807) is 0 Å². The Bertz CT molecular complexity index is 759. The normalized spacial score (nSPS) is 23.0. The number of imide groups is 1. The number of benzene rings is 1. The second-order valence-corrected chi connectivity index (χ2v) is 7.44. The number of hydrogen-bond acceptors (Lipinski definition) is 5. The van der Waals surface area contributed by atoms with Crippen LogP contribution in [-0.4, -0.2) is 62.2 Å². The highest BCUT2D eigenvalue weighted by Crippen LogP contribution is 2.27. The molecule has 0 bridgehead atoms. The molecule has 2 aliphatic rings. The molecule has 7 nitrogen and oxygen atoms in total. The summed E-state index contributed by atoms with van der Waals surface area (Å²) in [7, 11) is -2.29. The Kier molecular flexibility index (Phi) is 3.54. The number of fused-ring (bicyclic) bond motifs is 1. The van der Waals surface area contributed by atoms with E-state index in [0.717, 1.165) is 4.90 Å². The summed E-state index contributed by atoms with van der Waals surface area (Å²) in [5, 5.41) is 3.14. The second kappa shape index (κ2) is 5.15. The van der Waals surface area contributed by atoms with E-state index < -0.39 is 21.8 Å². The molecule has 0 aliphatic carbocycles. The van der Waals surface area contributed by atoms with Gasteiger partial charge < -0.3 is 5.32 Å². The lowest BCUT2D eigenvalue weighted by Gasteiger charge is -2.32. The minimum absolute atomic E-state index is 0.0523. The molecule has 1 N–H and O–H groups in total. The maximum absolute atomic E-state index is 12.8. The Labute approximate surface area is 128 Å². The molecule has 2 heterocycles. The monoisotopic (exact) mass is 323 g/mol. The summed E-state index contributed by atoms with van der Waals surface area (Å²) in [5.41, 5.74) is 0.399. The smallest absolute Gasteiger partial charge is 0.261 e. The van der Waals surface area contributed by atoms with Crippen molar-refractivity contribution in [3.05, 3.63) is 29.3 Å². The van der Waals surface area contributed by atoms with Crippen molar-refractivity contribution in [2.75, 3.05) is 26.7 Å². The summed E-state index contributed by atoms with van der Waals surface area (Å²) in [6.07, 6.45) is 0. The number of carbonyl (C=O) groups excluding carboxylic acids is 2. The summed E-state index contributed by atoms with van der Waals surface area (Å²) < 4.78 is 26.9. The van der Waals surface area contributed by atoms with Crippen molar-refractivity contribution in [3.63, 3.8) is 0 Å². The minimum Gasteiger partial charge on any atom is -0.314 e. The fraction of sp³-hybridized carbons (Fsp3) is 0.429. The van der Waals surface area contributed by atoms with Crippen LogP contribution in [0.5, 0.6) is 0 Å². The van der Waals surface area contributed by atoms with Crippen molar-refractivity contribution in [3.8, 4) is 0 Å². The van der Waals surface area contributed by atoms with E-state index >= 15 is 0 Å². The Morgan fingerprint density at radius 2 is 1.86 bits per heavy atom. The summed E-state index contributed by atoms with van der Waals surface area (Å²) in [6.45, 7) is 3.39. The van der Waals surface area contributed by atoms with Crippen LogP contribution in [0.3, 0.4) is 0 Å². The summed E-state index contributed by atoms with van der Waals surface area (Å²) in [5.74, 6) is -0.870. The molecule has 0 spiro atoms. The third kappa shape index (κ3) is 2.15. The second-order valence-electron chi connectivity index (χ2n) is 5.55. The maximum atomic E-state index is 12.8. The van der Waals surface area contributed by atoms with Crippen LogP contribution in [0.15, 0.2) is 23.1 Å². The minimum atomic E-state index is -3.68. The summed E-state index contributed by atoms with van der Waals surface area (Å²) >= 11 is 0. The van der Waals surface area contributed by atoms with Crippen LogP contribution in [0, 0.1) is 0 Å². The average Bonchev–Trinajstić information content (AvgIpc) is 2.72. The molecule has 22 heavy (non-hydrogen) atoms. The highest BCUT2D eigenvalue weighted by molar-refractivity contribution is 7.89. The lowest BCUT2D eigenvalue weighted by atomic mass is 10.1. The number of nitrogens with zero attached hydrogens (tertiary/aromatic N) is 2. The van der Waals surface area contributed by atoms with Gasteiger partial charge in [0.2, 0.25) is 10.0 Å². The lowest BCUT2D eigenvalue weighted by molar-refractivity contribution is 0.0693. The molecule has 0 radical (unpaired) electrons. The molecular weight excluding hydrogens is 306 g/mol. The molecule has 2 amide bonds. The predicted molar refractivity (Wildman–Crippen MR) is 79.1 cm³/mol. The highest BCUT2D eigenvalue weighted by atomic mass is 32.2. The molecule has 1 fully saturated rings. The zero-order valence-electron chi connectivity index (χ0n) is 12.4. The fourth-order valence-corrected chi connectivity index (χ4v) is 4.47.